The van der Waals surface area contributed by atoms with Crippen LogP contribution in [0.4, 0.5) is 17.3 Å². The molecule has 0 bridgehead atoms. The number of nitro groups is 1. The minimum atomic E-state index is -4.06. The SMILES string of the molecule is Cc1ccc(S(=O)(=O)NNc2ncnc(NNC(=O)C(c3ccccc3)c3ccccc3)c2[N+](=O)[O-])cc1. The Morgan fingerprint density at radius 1 is 0.842 bits per heavy atom. The minimum absolute atomic E-state index is 0.0502. The third-order valence-electron chi connectivity index (χ3n) is 5.47. The molecule has 0 fully saturated rings. The van der Waals surface area contributed by atoms with E-state index in [2.05, 4.69) is 31.1 Å². The summed E-state index contributed by atoms with van der Waals surface area (Å²) in [5.74, 6) is -2.00. The molecule has 12 nitrogen and oxygen atoms in total. The van der Waals surface area contributed by atoms with Gasteiger partial charge in [0.1, 0.15) is 6.33 Å². The Balaban J connectivity index is 1.55. The third-order valence-corrected chi connectivity index (χ3v) is 6.74. The van der Waals surface area contributed by atoms with E-state index in [1.54, 1.807) is 60.7 Å². The number of carbonyl (C=O) groups is 1. The zero-order valence-corrected chi connectivity index (χ0v) is 20.8. The first-order valence-corrected chi connectivity index (χ1v) is 12.7. The van der Waals surface area contributed by atoms with Gasteiger partial charge in [0.25, 0.3) is 10.0 Å². The van der Waals surface area contributed by atoms with Crippen molar-refractivity contribution in [3.8, 4) is 0 Å². The van der Waals surface area contributed by atoms with E-state index in [0.29, 0.717) is 11.1 Å². The molecule has 0 saturated carbocycles. The van der Waals surface area contributed by atoms with Crippen molar-refractivity contribution in [3.63, 3.8) is 0 Å². The highest BCUT2D eigenvalue weighted by Crippen LogP contribution is 2.29. The number of hydrogen-bond acceptors (Lipinski definition) is 9. The normalized spacial score (nSPS) is 11.1. The maximum atomic E-state index is 13.2. The molecule has 4 aromatic rings. The molecule has 0 aliphatic rings. The van der Waals surface area contributed by atoms with E-state index in [-0.39, 0.29) is 10.7 Å². The Bertz CT molecular complexity index is 1490. The summed E-state index contributed by atoms with van der Waals surface area (Å²) < 4.78 is 25.2. The molecule has 4 N–H and O–H groups in total. The maximum absolute atomic E-state index is 13.2. The Morgan fingerprint density at radius 2 is 1.37 bits per heavy atom. The van der Waals surface area contributed by atoms with E-state index in [1.165, 1.54) is 12.1 Å². The molecule has 0 aliphatic heterocycles. The van der Waals surface area contributed by atoms with Gasteiger partial charge in [0.15, 0.2) is 0 Å². The van der Waals surface area contributed by atoms with Gasteiger partial charge < -0.3 is 0 Å². The molecule has 0 spiro atoms. The van der Waals surface area contributed by atoms with Gasteiger partial charge in [-0.05, 0) is 30.2 Å². The molecular formula is C25H23N7O5S. The van der Waals surface area contributed by atoms with Gasteiger partial charge in [-0.15, -0.1) is 4.83 Å². The molecule has 0 radical (unpaired) electrons. The summed E-state index contributed by atoms with van der Waals surface area (Å²) in [7, 11) is -4.06. The van der Waals surface area contributed by atoms with Crippen LogP contribution in [0.5, 0.6) is 0 Å². The van der Waals surface area contributed by atoms with Crippen LogP contribution in [-0.4, -0.2) is 29.2 Å². The number of aromatic nitrogens is 2. The second kappa shape index (κ2) is 11.5. The molecule has 13 heteroatoms. The van der Waals surface area contributed by atoms with Crippen molar-refractivity contribution in [2.45, 2.75) is 17.7 Å². The zero-order chi connectivity index (χ0) is 27.1. The largest absolute Gasteiger partial charge is 0.356 e. The van der Waals surface area contributed by atoms with Gasteiger partial charge in [0.2, 0.25) is 17.5 Å². The first kappa shape index (κ1) is 26.2. The number of aryl methyl sites for hydroxylation is 1. The van der Waals surface area contributed by atoms with Crippen molar-refractivity contribution in [2.24, 2.45) is 0 Å². The summed E-state index contributed by atoms with van der Waals surface area (Å²) in [6.07, 6.45) is 0.982. The highest BCUT2D eigenvalue weighted by molar-refractivity contribution is 7.89. The molecule has 0 saturated heterocycles. The second-order valence-corrected chi connectivity index (χ2v) is 9.77. The first-order valence-electron chi connectivity index (χ1n) is 11.3. The van der Waals surface area contributed by atoms with Gasteiger partial charge in [-0.2, -0.15) is 0 Å². The quantitative estimate of drug-likeness (QED) is 0.177. The summed E-state index contributed by atoms with van der Waals surface area (Å²) in [6.45, 7) is 1.81. The molecule has 3 aromatic carbocycles. The van der Waals surface area contributed by atoms with Crippen LogP contribution in [0.3, 0.4) is 0 Å². The first-order chi connectivity index (χ1) is 18.3. The van der Waals surface area contributed by atoms with Gasteiger partial charge in [-0.3, -0.25) is 31.2 Å². The second-order valence-electron chi connectivity index (χ2n) is 8.09. The van der Waals surface area contributed by atoms with Crippen molar-refractivity contribution in [1.82, 2.24) is 20.2 Å². The van der Waals surface area contributed by atoms with Crippen LogP contribution in [0.1, 0.15) is 22.6 Å². The highest BCUT2D eigenvalue weighted by atomic mass is 32.2. The fraction of sp³-hybridized carbons (Fsp3) is 0.0800. The summed E-state index contributed by atoms with van der Waals surface area (Å²) in [4.78, 5) is 33.9. The fourth-order valence-corrected chi connectivity index (χ4v) is 4.45. The van der Waals surface area contributed by atoms with Crippen LogP contribution >= 0.6 is 0 Å². The number of anilines is 2. The summed E-state index contributed by atoms with van der Waals surface area (Å²) in [5, 5.41) is 11.9. The van der Waals surface area contributed by atoms with Gasteiger partial charge in [0, 0.05) is 0 Å². The third kappa shape index (κ3) is 6.08. The van der Waals surface area contributed by atoms with Crippen molar-refractivity contribution in [1.29, 1.82) is 0 Å². The number of sulfonamides is 1. The molecule has 38 heavy (non-hydrogen) atoms. The highest BCUT2D eigenvalue weighted by Gasteiger charge is 2.27. The molecule has 1 heterocycles. The van der Waals surface area contributed by atoms with Gasteiger partial charge in [-0.25, -0.2) is 18.4 Å². The molecule has 1 amide bonds. The van der Waals surface area contributed by atoms with Gasteiger partial charge >= 0.3 is 5.69 Å². The lowest BCUT2D eigenvalue weighted by atomic mass is 9.91. The van der Waals surface area contributed by atoms with Crippen molar-refractivity contribution in [3.05, 3.63) is 118 Å². The average Bonchev–Trinajstić information content (AvgIpc) is 2.92. The molecule has 1 aromatic heterocycles. The van der Waals surface area contributed by atoms with Crippen LogP contribution in [0.15, 0.2) is 96.2 Å². The van der Waals surface area contributed by atoms with E-state index in [0.717, 1.165) is 11.9 Å². The van der Waals surface area contributed by atoms with Crippen LogP contribution in [-0.2, 0) is 14.8 Å². The number of carbonyl (C=O) groups excluding carboxylic acids is 1. The summed E-state index contributed by atoms with van der Waals surface area (Å²) >= 11 is 0. The Labute approximate surface area is 218 Å². The Morgan fingerprint density at radius 3 is 1.89 bits per heavy atom. The van der Waals surface area contributed by atoms with E-state index in [9.17, 15) is 23.3 Å². The van der Waals surface area contributed by atoms with Crippen LogP contribution < -0.4 is 21.1 Å². The van der Waals surface area contributed by atoms with Gasteiger partial charge in [0.05, 0.1) is 15.7 Å². The molecule has 0 atom stereocenters. The predicted molar refractivity (Wildman–Crippen MR) is 140 cm³/mol. The lowest BCUT2D eigenvalue weighted by Gasteiger charge is -2.18. The summed E-state index contributed by atoms with van der Waals surface area (Å²) in [5.41, 5.74) is 8.82. The smallest absolute Gasteiger partial charge is 0.286 e. The Hall–Kier alpha value is -4.88. The number of nitrogens with one attached hydrogen (secondary N) is 4. The number of nitrogens with zero attached hydrogens (tertiary/aromatic N) is 3. The van der Waals surface area contributed by atoms with Crippen molar-refractivity contribution >= 4 is 33.3 Å². The number of benzene rings is 3. The minimum Gasteiger partial charge on any atom is -0.286 e. The zero-order valence-electron chi connectivity index (χ0n) is 20.0. The lowest BCUT2D eigenvalue weighted by Crippen LogP contribution is -2.35. The number of hydrazine groups is 2. The van der Waals surface area contributed by atoms with Crippen LogP contribution in [0, 0.1) is 17.0 Å². The summed E-state index contributed by atoms with van der Waals surface area (Å²) in [6, 6.07) is 24.1. The topological polar surface area (TPSA) is 168 Å². The molecule has 0 unspecified atom stereocenters. The van der Waals surface area contributed by atoms with Crippen molar-refractivity contribution in [2.75, 3.05) is 10.9 Å². The standard InChI is InChI=1S/C25H23N7O5S/c1-17-12-14-20(15-13-17)38(36,37)31-29-24-22(32(34)35)23(26-16-27-24)28-30-25(33)21(18-8-4-2-5-9-18)19-10-6-3-7-11-19/h2-16,21,31H,1H3,(H,30,33)(H2,26,27,28,29). The molecule has 0 aliphatic carbocycles. The lowest BCUT2D eigenvalue weighted by molar-refractivity contribution is -0.383. The molecular weight excluding hydrogens is 510 g/mol. The maximum Gasteiger partial charge on any atom is 0.356 e. The Kier molecular flexibility index (Phi) is 7.89. The van der Waals surface area contributed by atoms with E-state index < -0.39 is 38.3 Å². The number of hydrogen-bond donors (Lipinski definition) is 4. The van der Waals surface area contributed by atoms with Crippen LogP contribution in [0.2, 0.25) is 0 Å². The predicted octanol–water partition coefficient (Wildman–Crippen LogP) is 3.27. The molecule has 4 rings (SSSR count). The van der Waals surface area contributed by atoms with E-state index in [4.69, 9.17) is 0 Å². The van der Waals surface area contributed by atoms with Crippen molar-refractivity contribution < 1.29 is 18.1 Å². The fourth-order valence-electron chi connectivity index (χ4n) is 3.61. The number of amides is 1. The van der Waals surface area contributed by atoms with E-state index in [1.807, 2.05) is 19.1 Å². The number of rotatable bonds is 10. The monoisotopic (exact) mass is 533 g/mol. The van der Waals surface area contributed by atoms with Gasteiger partial charge in [-0.1, -0.05) is 78.4 Å². The van der Waals surface area contributed by atoms with Crippen LogP contribution in [0.25, 0.3) is 0 Å². The van der Waals surface area contributed by atoms with E-state index >= 15 is 0 Å². The molecule has 194 valence electrons. The average molecular weight is 534 g/mol.